The highest BCUT2D eigenvalue weighted by atomic mass is 31.1. The van der Waals surface area contributed by atoms with Gasteiger partial charge in [-0.1, -0.05) is 48.5 Å². The van der Waals surface area contributed by atoms with Crippen LogP contribution in [0.5, 0.6) is 0 Å². The molecule has 2 aromatic rings. The summed E-state index contributed by atoms with van der Waals surface area (Å²) in [5, 5.41) is 0.927. The molecule has 75 valence electrons. The van der Waals surface area contributed by atoms with E-state index < -0.39 is 7.80 Å². The normalized spacial score (nSPS) is 11.1. The molecule has 1 radical (unpaired) electrons. The van der Waals surface area contributed by atoms with Crippen molar-refractivity contribution in [3.05, 3.63) is 66.2 Å². The Hall–Kier alpha value is -1.46. The standard InChI is InChI=1S/C13H12OP/c14-15(13-9-5-2-6-10-13)11-12-7-3-1-4-8-12/h1-10H,11H2. The summed E-state index contributed by atoms with van der Waals surface area (Å²) in [6.07, 6.45) is 0.625. The maximum Gasteiger partial charge on any atom is 0.108 e. The zero-order chi connectivity index (χ0) is 10.5. The van der Waals surface area contributed by atoms with Gasteiger partial charge in [0.2, 0.25) is 0 Å². The molecule has 1 unspecified atom stereocenters. The van der Waals surface area contributed by atoms with Crippen LogP contribution in [0, 0.1) is 0 Å². The van der Waals surface area contributed by atoms with Crippen molar-refractivity contribution >= 4 is 13.1 Å². The highest BCUT2D eigenvalue weighted by Gasteiger charge is 2.04. The maximum absolute atomic E-state index is 12.0. The lowest BCUT2D eigenvalue weighted by Crippen LogP contribution is -1.95. The average Bonchev–Trinajstić information content (AvgIpc) is 2.31. The third-order valence-corrected chi connectivity index (χ3v) is 3.74. The van der Waals surface area contributed by atoms with Crippen LogP contribution in [0.1, 0.15) is 5.56 Å². The molecule has 0 saturated heterocycles. The van der Waals surface area contributed by atoms with Crippen LogP contribution in [-0.4, -0.2) is 0 Å². The molecule has 1 atom stereocenters. The van der Waals surface area contributed by atoms with Crippen molar-refractivity contribution < 1.29 is 4.57 Å². The first-order valence-electron chi connectivity index (χ1n) is 4.90. The molecule has 0 amide bonds. The quantitative estimate of drug-likeness (QED) is 0.717. The van der Waals surface area contributed by atoms with Gasteiger partial charge in [-0.05, 0) is 17.7 Å². The van der Waals surface area contributed by atoms with E-state index in [0.717, 1.165) is 10.9 Å². The Labute approximate surface area is 90.6 Å². The van der Waals surface area contributed by atoms with Crippen LogP contribution < -0.4 is 5.30 Å². The topological polar surface area (TPSA) is 17.1 Å². The molecule has 0 bridgehead atoms. The summed E-state index contributed by atoms with van der Waals surface area (Å²) in [6, 6.07) is 19.6. The van der Waals surface area contributed by atoms with Crippen LogP contribution >= 0.6 is 7.80 Å². The van der Waals surface area contributed by atoms with Gasteiger partial charge in [0.05, 0.1) is 0 Å². The molecular weight excluding hydrogens is 203 g/mol. The molecule has 0 saturated carbocycles. The molecule has 0 spiro atoms. The van der Waals surface area contributed by atoms with Crippen molar-refractivity contribution in [2.45, 2.75) is 6.16 Å². The van der Waals surface area contributed by atoms with Crippen LogP contribution in [0.15, 0.2) is 60.7 Å². The summed E-state index contributed by atoms with van der Waals surface area (Å²) in [7, 11) is -1.30. The van der Waals surface area contributed by atoms with Gasteiger partial charge in [0.25, 0.3) is 0 Å². The predicted octanol–water partition coefficient (Wildman–Crippen LogP) is 3.34. The molecule has 0 fully saturated rings. The molecule has 0 heterocycles. The molecule has 2 heteroatoms. The number of hydrogen-bond acceptors (Lipinski definition) is 1. The molecule has 0 aromatic heterocycles. The van der Waals surface area contributed by atoms with Gasteiger partial charge in [-0.25, -0.2) is 0 Å². The van der Waals surface area contributed by atoms with Crippen molar-refractivity contribution in [2.75, 3.05) is 0 Å². The number of rotatable bonds is 3. The Morgan fingerprint density at radius 1 is 0.800 bits per heavy atom. The van der Waals surface area contributed by atoms with Gasteiger partial charge in [-0.15, -0.1) is 0 Å². The van der Waals surface area contributed by atoms with E-state index in [1.165, 1.54) is 0 Å². The highest BCUT2D eigenvalue weighted by Crippen LogP contribution is 2.25. The Morgan fingerprint density at radius 2 is 1.33 bits per heavy atom. The predicted molar refractivity (Wildman–Crippen MR) is 63.8 cm³/mol. The van der Waals surface area contributed by atoms with E-state index in [0.29, 0.717) is 6.16 Å². The lowest BCUT2D eigenvalue weighted by atomic mass is 10.2. The van der Waals surface area contributed by atoms with Crippen LogP contribution in [0.4, 0.5) is 0 Å². The average molecular weight is 215 g/mol. The van der Waals surface area contributed by atoms with Crippen molar-refractivity contribution in [1.29, 1.82) is 0 Å². The van der Waals surface area contributed by atoms with E-state index in [2.05, 4.69) is 0 Å². The molecule has 2 rings (SSSR count). The summed E-state index contributed by atoms with van der Waals surface area (Å²) in [5.74, 6) is 0. The zero-order valence-electron chi connectivity index (χ0n) is 8.34. The summed E-state index contributed by atoms with van der Waals surface area (Å²) < 4.78 is 12.0. The van der Waals surface area contributed by atoms with Crippen LogP contribution in [0.3, 0.4) is 0 Å². The van der Waals surface area contributed by atoms with Crippen LogP contribution in [0.2, 0.25) is 0 Å². The summed E-state index contributed by atoms with van der Waals surface area (Å²) >= 11 is 0. The molecule has 0 aliphatic rings. The number of hydrogen-bond donors (Lipinski definition) is 0. The van der Waals surface area contributed by atoms with Gasteiger partial charge in [0, 0.05) is 11.5 Å². The van der Waals surface area contributed by atoms with Gasteiger partial charge >= 0.3 is 0 Å². The molecule has 0 N–H and O–H groups in total. The smallest absolute Gasteiger partial charge is 0.108 e. The summed E-state index contributed by atoms with van der Waals surface area (Å²) in [5.41, 5.74) is 1.13. The lowest BCUT2D eigenvalue weighted by molar-refractivity contribution is 0.592. The highest BCUT2D eigenvalue weighted by molar-refractivity contribution is 7.52. The van der Waals surface area contributed by atoms with Crippen molar-refractivity contribution in [3.63, 3.8) is 0 Å². The third-order valence-electron chi connectivity index (χ3n) is 2.21. The molecule has 15 heavy (non-hydrogen) atoms. The van der Waals surface area contributed by atoms with E-state index >= 15 is 0 Å². The van der Waals surface area contributed by atoms with E-state index in [9.17, 15) is 4.57 Å². The first-order chi connectivity index (χ1) is 7.36. The molecule has 0 aliphatic heterocycles. The van der Waals surface area contributed by atoms with Crippen molar-refractivity contribution in [1.82, 2.24) is 0 Å². The van der Waals surface area contributed by atoms with Gasteiger partial charge in [0.1, 0.15) is 7.80 Å². The Morgan fingerprint density at radius 3 is 1.93 bits per heavy atom. The van der Waals surface area contributed by atoms with E-state index in [4.69, 9.17) is 0 Å². The van der Waals surface area contributed by atoms with Crippen LogP contribution in [-0.2, 0) is 10.7 Å². The van der Waals surface area contributed by atoms with Crippen molar-refractivity contribution in [3.8, 4) is 0 Å². The second kappa shape index (κ2) is 4.86. The SMILES string of the molecule is O=[P](Cc1ccccc1)c1ccccc1. The Bertz CT molecular complexity index is 437. The van der Waals surface area contributed by atoms with E-state index in [1.807, 2.05) is 60.7 Å². The first kappa shape index (κ1) is 10.1. The van der Waals surface area contributed by atoms with Gasteiger partial charge in [-0.2, -0.15) is 0 Å². The maximum atomic E-state index is 12.0. The second-order valence-electron chi connectivity index (χ2n) is 3.36. The molecular formula is C13H12OP. The third kappa shape index (κ3) is 2.74. The molecule has 1 nitrogen and oxygen atoms in total. The first-order valence-corrected chi connectivity index (χ1v) is 6.34. The second-order valence-corrected chi connectivity index (χ2v) is 4.95. The molecule has 2 aromatic carbocycles. The Balaban J connectivity index is 2.12. The minimum absolute atomic E-state index is 0.625. The fourth-order valence-electron chi connectivity index (χ4n) is 1.43. The summed E-state index contributed by atoms with van der Waals surface area (Å²) in [4.78, 5) is 0. The van der Waals surface area contributed by atoms with Crippen LogP contribution in [0.25, 0.3) is 0 Å². The minimum Gasteiger partial charge on any atom is -0.282 e. The summed E-state index contributed by atoms with van der Waals surface area (Å²) in [6.45, 7) is 0. The monoisotopic (exact) mass is 215 g/mol. The number of benzene rings is 2. The fraction of sp³-hybridized carbons (Fsp3) is 0.0769. The minimum atomic E-state index is -1.30. The van der Waals surface area contributed by atoms with Gasteiger partial charge in [-0.3, -0.25) is 4.57 Å². The Kier molecular flexibility index (Phi) is 3.26. The van der Waals surface area contributed by atoms with Gasteiger partial charge < -0.3 is 0 Å². The zero-order valence-corrected chi connectivity index (χ0v) is 9.23. The lowest BCUT2D eigenvalue weighted by Gasteiger charge is -2.01. The van der Waals surface area contributed by atoms with E-state index in [1.54, 1.807) is 0 Å². The fourth-order valence-corrected chi connectivity index (χ4v) is 2.66. The van der Waals surface area contributed by atoms with Gasteiger partial charge in [0.15, 0.2) is 0 Å². The largest absolute Gasteiger partial charge is 0.282 e. The van der Waals surface area contributed by atoms with E-state index in [-0.39, 0.29) is 0 Å². The van der Waals surface area contributed by atoms with Crippen molar-refractivity contribution in [2.24, 2.45) is 0 Å². The molecule has 0 aliphatic carbocycles.